The third kappa shape index (κ3) is 4.05. The number of amides is 1. The number of carbonyl (C=O) groups excluding carboxylic acids is 1. The van der Waals surface area contributed by atoms with E-state index in [9.17, 15) is 22.0 Å². The lowest BCUT2D eigenvalue weighted by molar-refractivity contribution is 0.161. The molecule has 0 unspecified atom stereocenters. The largest absolute Gasteiger partial charge is 0.448 e. The van der Waals surface area contributed by atoms with Crippen molar-refractivity contribution in [3.05, 3.63) is 24.3 Å². The SMILES string of the molecule is NC(=O)OCCNc1ccccc1S(=O)(=O)C(F)F. The first-order valence-electron chi connectivity index (χ1n) is 5.13. The van der Waals surface area contributed by atoms with E-state index in [0.717, 1.165) is 6.07 Å². The van der Waals surface area contributed by atoms with Crippen molar-refractivity contribution >= 4 is 21.6 Å². The number of halogens is 2. The van der Waals surface area contributed by atoms with Crippen molar-refractivity contribution in [1.82, 2.24) is 0 Å². The van der Waals surface area contributed by atoms with Crippen molar-refractivity contribution in [2.45, 2.75) is 10.7 Å². The van der Waals surface area contributed by atoms with Crippen LogP contribution in [0.2, 0.25) is 0 Å². The number of primary amides is 1. The predicted octanol–water partition coefficient (Wildman–Crippen LogP) is 1.19. The Balaban J connectivity index is 2.83. The zero-order valence-electron chi connectivity index (χ0n) is 9.68. The third-order valence-electron chi connectivity index (χ3n) is 2.09. The van der Waals surface area contributed by atoms with Crippen LogP contribution in [-0.2, 0) is 14.6 Å². The van der Waals surface area contributed by atoms with Gasteiger partial charge in [0, 0.05) is 6.54 Å². The summed E-state index contributed by atoms with van der Waals surface area (Å²) >= 11 is 0. The Labute approximate surface area is 108 Å². The molecule has 0 aliphatic carbocycles. The van der Waals surface area contributed by atoms with E-state index in [1.165, 1.54) is 18.2 Å². The fraction of sp³-hybridized carbons (Fsp3) is 0.300. The Hall–Kier alpha value is -1.90. The number of benzene rings is 1. The maximum absolute atomic E-state index is 12.5. The Morgan fingerprint density at radius 3 is 2.58 bits per heavy atom. The normalized spacial score (nSPS) is 11.3. The standard InChI is InChI=1S/C10H12F2N2O4S/c11-9(12)19(16,17)8-4-2-1-3-7(8)14-5-6-18-10(13)15/h1-4,9,14H,5-6H2,(H2,13,15). The number of ether oxygens (including phenoxy) is 1. The fourth-order valence-electron chi connectivity index (χ4n) is 1.29. The van der Waals surface area contributed by atoms with Gasteiger partial charge < -0.3 is 15.8 Å². The molecule has 0 bridgehead atoms. The van der Waals surface area contributed by atoms with E-state index in [0.29, 0.717) is 0 Å². The van der Waals surface area contributed by atoms with Gasteiger partial charge in [0.25, 0.3) is 0 Å². The second-order valence-electron chi connectivity index (χ2n) is 3.40. The molecular weight excluding hydrogens is 282 g/mol. The van der Waals surface area contributed by atoms with Crippen LogP contribution in [0.3, 0.4) is 0 Å². The van der Waals surface area contributed by atoms with Crippen molar-refractivity contribution in [3.8, 4) is 0 Å². The van der Waals surface area contributed by atoms with E-state index in [1.807, 2.05) is 0 Å². The molecule has 0 heterocycles. The minimum Gasteiger partial charge on any atom is -0.448 e. The average molecular weight is 294 g/mol. The van der Waals surface area contributed by atoms with Gasteiger partial charge in [0.2, 0.25) is 9.84 Å². The first kappa shape index (κ1) is 15.2. The van der Waals surface area contributed by atoms with E-state index >= 15 is 0 Å². The Morgan fingerprint density at radius 2 is 2.00 bits per heavy atom. The van der Waals surface area contributed by atoms with Crippen LogP contribution in [0.15, 0.2) is 29.2 Å². The summed E-state index contributed by atoms with van der Waals surface area (Å²) < 4.78 is 52.2. The van der Waals surface area contributed by atoms with E-state index in [2.05, 4.69) is 10.1 Å². The zero-order chi connectivity index (χ0) is 14.5. The molecule has 0 spiro atoms. The second kappa shape index (κ2) is 6.32. The minimum absolute atomic E-state index is 0.0101. The molecule has 0 fully saturated rings. The summed E-state index contributed by atoms with van der Waals surface area (Å²) in [6.45, 7) is -0.0723. The van der Waals surface area contributed by atoms with E-state index in [1.54, 1.807) is 0 Å². The van der Waals surface area contributed by atoms with Gasteiger partial charge in [0.05, 0.1) is 10.6 Å². The molecule has 106 valence electrons. The van der Waals surface area contributed by atoms with Crippen LogP contribution >= 0.6 is 0 Å². The number of nitrogens with one attached hydrogen (secondary N) is 1. The van der Waals surface area contributed by atoms with Crippen LogP contribution in [0, 0.1) is 0 Å². The lowest BCUT2D eigenvalue weighted by Crippen LogP contribution is -2.20. The summed E-state index contributed by atoms with van der Waals surface area (Å²) in [5.74, 6) is -3.50. The van der Waals surface area contributed by atoms with Crippen molar-refractivity contribution in [3.63, 3.8) is 0 Å². The Kier molecular flexibility index (Phi) is 5.04. The average Bonchev–Trinajstić information content (AvgIpc) is 2.34. The highest BCUT2D eigenvalue weighted by molar-refractivity contribution is 7.91. The summed E-state index contributed by atoms with van der Waals surface area (Å²) in [6, 6.07) is 5.22. The van der Waals surface area contributed by atoms with Gasteiger partial charge in [-0.15, -0.1) is 0 Å². The van der Waals surface area contributed by atoms with Crippen molar-refractivity contribution < 1.29 is 26.7 Å². The lowest BCUT2D eigenvalue weighted by Gasteiger charge is -2.11. The van der Waals surface area contributed by atoms with Crippen LogP contribution in [0.4, 0.5) is 19.3 Å². The zero-order valence-corrected chi connectivity index (χ0v) is 10.5. The van der Waals surface area contributed by atoms with E-state index < -0.39 is 26.6 Å². The number of carbonyl (C=O) groups is 1. The molecule has 0 aromatic heterocycles. The first-order chi connectivity index (χ1) is 8.85. The monoisotopic (exact) mass is 294 g/mol. The van der Waals surface area contributed by atoms with Gasteiger partial charge in [0.1, 0.15) is 6.61 Å². The number of rotatable bonds is 6. The van der Waals surface area contributed by atoms with Gasteiger partial charge >= 0.3 is 11.9 Å². The number of hydrogen-bond acceptors (Lipinski definition) is 5. The van der Waals surface area contributed by atoms with Gasteiger partial charge in [0.15, 0.2) is 0 Å². The lowest BCUT2D eigenvalue weighted by atomic mass is 10.3. The maximum Gasteiger partial charge on any atom is 0.404 e. The van der Waals surface area contributed by atoms with E-state index in [4.69, 9.17) is 5.73 Å². The highest BCUT2D eigenvalue weighted by Gasteiger charge is 2.28. The molecule has 19 heavy (non-hydrogen) atoms. The molecule has 1 aromatic rings. The number of alkyl halides is 2. The molecule has 6 nitrogen and oxygen atoms in total. The number of anilines is 1. The Morgan fingerprint density at radius 1 is 1.37 bits per heavy atom. The Bertz CT molecular complexity index is 548. The third-order valence-corrected chi connectivity index (χ3v) is 3.53. The number of sulfone groups is 1. The van der Waals surface area contributed by atoms with Crippen molar-refractivity contribution in [2.75, 3.05) is 18.5 Å². The molecule has 0 aliphatic heterocycles. The van der Waals surface area contributed by atoms with Gasteiger partial charge in [-0.1, -0.05) is 12.1 Å². The molecule has 0 saturated heterocycles. The predicted molar refractivity (Wildman–Crippen MR) is 63.7 cm³/mol. The fourth-order valence-corrected chi connectivity index (χ4v) is 2.20. The summed E-state index contributed by atoms with van der Waals surface area (Å²) in [5, 5.41) is 2.58. The second-order valence-corrected chi connectivity index (χ2v) is 5.28. The molecule has 0 saturated carbocycles. The topological polar surface area (TPSA) is 98.5 Å². The molecule has 3 N–H and O–H groups in total. The number of para-hydroxylation sites is 1. The highest BCUT2D eigenvalue weighted by atomic mass is 32.2. The summed E-state index contributed by atoms with van der Waals surface area (Å²) in [7, 11) is -4.69. The summed E-state index contributed by atoms with van der Waals surface area (Å²) in [4.78, 5) is 9.79. The molecule has 1 amide bonds. The smallest absolute Gasteiger partial charge is 0.404 e. The summed E-state index contributed by atoms with van der Waals surface area (Å²) in [6.07, 6.45) is -0.977. The molecule has 0 radical (unpaired) electrons. The summed E-state index contributed by atoms with van der Waals surface area (Å²) in [5.41, 5.74) is 4.74. The van der Waals surface area contributed by atoms with Gasteiger partial charge in [-0.05, 0) is 12.1 Å². The van der Waals surface area contributed by atoms with Gasteiger partial charge in [-0.3, -0.25) is 0 Å². The first-order valence-corrected chi connectivity index (χ1v) is 6.67. The van der Waals surface area contributed by atoms with Crippen LogP contribution in [0.5, 0.6) is 0 Å². The molecule has 0 aliphatic rings. The molecule has 1 aromatic carbocycles. The number of hydrogen-bond donors (Lipinski definition) is 2. The minimum atomic E-state index is -4.69. The van der Waals surface area contributed by atoms with Crippen LogP contribution in [-0.4, -0.2) is 33.4 Å². The molecular formula is C10H12F2N2O4S. The van der Waals surface area contributed by atoms with Crippen LogP contribution in [0.25, 0.3) is 0 Å². The van der Waals surface area contributed by atoms with Crippen LogP contribution < -0.4 is 11.1 Å². The number of nitrogens with two attached hydrogens (primary N) is 1. The van der Waals surface area contributed by atoms with Gasteiger partial charge in [-0.2, -0.15) is 8.78 Å². The molecule has 9 heteroatoms. The quantitative estimate of drug-likeness (QED) is 0.768. The molecule has 0 atom stereocenters. The van der Waals surface area contributed by atoms with Crippen molar-refractivity contribution in [2.24, 2.45) is 5.73 Å². The van der Waals surface area contributed by atoms with Gasteiger partial charge in [-0.25, -0.2) is 13.2 Å². The highest BCUT2D eigenvalue weighted by Crippen LogP contribution is 2.25. The van der Waals surface area contributed by atoms with E-state index in [-0.39, 0.29) is 18.8 Å². The maximum atomic E-state index is 12.5. The van der Waals surface area contributed by atoms with Crippen LogP contribution in [0.1, 0.15) is 0 Å². The molecule has 1 rings (SSSR count). The van der Waals surface area contributed by atoms with Crippen molar-refractivity contribution in [1.29, 1.82) is 0 Å².